The van der Waals surface area contributed by atoms with E-state index in [0.717, 1.165) is 25.9 Å². The highest BCUT2D eigenvalue weighted by molar-refractivity contribution is 5.75. The van der Waals surface area contributed by atoms with Crippen molar-refractivity contribution < 1.29 is 9.53 Å². The van der Waals surface area contributed by atoms with E-state index in [1.165, 1.54) is 5.69 Å². The predicted octanol–water partition coefficient (Wildman–Crippen LogP) is 0.503. The van der Waals surface area contributed by atoms with Crippen molar-refractivity contribution in [3.63, 3.8) is 0 Å². The van der Waals surface area contributed by atoms with Crippen LogP contribution in [0.3, 0.4) is 0 Å². The molecule has 0 aromatic carbocycles. The molecular weight excluding hydrogens is 256 g/mol. The highest BCUT2D eigenvalue weighted by atomic mass is 16.5. The molecule has 1 aliphatic heterocycles. The Morgan fingerprint density at radius 1 is 1.55 bits per heavy atom. The van der Waals surface area contributed by atoms with Gasteiger partial charge in [-0.2, -0.15) is 0 Å². The Morgan fingerprint density at radius 2 is 2.35 bits per heavy atom. The molecule has 0 saturated carbocycles. The Kier molecular flexibility index (Phi) is 6.01. The number of aromatic nitrogens is 2. The average molecular weight is 280 g/mol. The molecule has 0 radical (unpaired) electrons. The van der Waals surface area contributed by atoms with Crippen LogP contribution in [-0.2, 0) is 16.1 Å². The maximum Gasteiger partial charge on any atom is 0.221 e. The summed E-state index contributed by atoms with van der Waals surface area (Å²) in [4.78, 5) is 15.9. The van der Waals surface area contributed by atoms with Crippen LogP contribution in [0.1, 0.15) is 30.9 Å². The van der Waals surface area contributed by atoms with Crippen molar-refractivity contribution in [2.75, 3.05) is 33.4 Å². The summed E-state index contributed by atoms with van der Waals surface area (Å²) in [5, 5.41) is 6.21. The van der Waals surface area contributed by atoms with E-state index in [-0.39, 0.29) is 5.91 Å². The van der Waals surface area contributed by atoms with Gasteiger partial charge in [-0.15, -0.1) is 0 Å². The Balaban J connectivity index is 1.81. The van der Waals surface area contributed by atoms with Gasteiger partial charge in [0.05, 0.1) is 12.9 Å². The number of imidazole rings is 1. The van der Waals surface area contributed by atoms with Gasteiger partial charge in [-0.3, -0.25) is 4.79 Å². The predicted molar refractivity (Wildman–Crippen MR) is 76.6 cm³/mol. The van der Waals surface area contributed by atoms with Crippen molar-refractivity contribution in [2.24, 2.45) is 0 Å². The van der Waals surface area contributed by atoms with Crippen LogP contribution in [0.4, 0.5) is 0 Å². The van der Waals surface area contributed by atoms with Crippen LogP contribution in [0.25, 0.3) is 0 Å². The summed E-state index contributed by atoms with van der Waals surface area (Å²) in [6.07, 6.45) is 6.55. The number of nitrogens with zero attached hydrogens (tertiary/aromatic N) is 2. The summed E-state index contributed by atoms with van der Waals surface area (Å²) in [6.45, 7) is 3.94. The van der Waals surface area contributed by atoms with E-state index in [1.54, 1.807) is 7.11 Å². The van der Waals surface area contributed by atoms with Crippen molar-refractivity contribution in [3.8, 4) is 0 Å². The number of hydrogen-bond acceptors (Lipinski definition) is 4. The normalized spacial score (nSPS) is 16.2. The van der Waals surface area contributed by atoms with E-state index in [0.29, 0.717) is 32.0 Å². The molecule has 1 fully saturated rings. The minimum absolute atomic E-state index is 0.0620. The number of methoxy groups -OCH3 is 1. The first-order chi connectivity index (χ1) is 9.81. The first kappa shape index (κ1) is 15.0. The molecule has 1 saturated heterocycles. The number of hydrogen-bond donors (Lipinski definition) is 2. The second-order valence-electron chi connectivity index (χ2n) is 5.13. The molecule has 0 bridgehead atoms. The van der Waals surface area contributed by atoms with Gasteiger partial charge in [-0.1, -0.05) is 0 Å². The lowest BCUT2D eigenvalue weighted by molar-refractivity contribution is -0.121. The van der Waals surface area contributed by atoms with Gasteiger partial charge in [0.25, 0.3) is 0 Å². The number of ether oxygens (including phenoxy) is 1. The molecule has 1 amide bonds. The number of piperidine rings is 1. The Hall–Kier alpha value is -1.40. The summed E-state index contributed by atoms with van der Waals surface area (Å²) in [7, 11) is 1.63. The van der Waals surface area contributed by atoms with E-state index in [4.69, 9.17) is 4.74 Å². The molecule has 112 valence electrons. The van der Waals surface area contributed by atoms with Crippen molar-refractivity contribution in [2.45, 2.75) is 31.7 Å². The number of amides is 1. The number of rotatable bonds is 7. The van der Waals surface area contributed by atoms with Gasteiger partial charge in [0, 0.05) is 44.4 Å². The summed E-state index contributed by atoms with van der Waals surface area (Å²) in [5.41, 5.74) is 1.26. The highest BCUT2D eigenvalue weighted by Gasteiger charge is 2.18. The van der Waals surface area contributed by atoms with Crippen LogP contribution in [0, 0.1) is 0 Å². The fourth-order valence-electron chi connectivity index (χ4n) is 2.58. The monoisotopic (exact) mass is 280 g/mol. The zero-order chi connectivity index (χ0) is 14.2. The third-order valence-corrected chi connectivity index (χ3v) is 3.71. The molecule has 1 aromatic rings. The summed E-state index contributed by atoms with van der Waals surface area (Å²) in [5.74, 6) is 0.627. The minimum atomic E-state index is 0.0620. The smallest absolute Gasteiger partial charge is 0.221 e. The van der Waals surface area contributed by atoms with Gasteiger partial charge in [-0.05, 0) is 25.9 Å². The molecular formula is C14H24N4O2. The van der Waals surface area contributed by atoms with Crippen LogP contribution in [0.2, 0.25) is 0 Å². The van der Waals surface area contributed by atoms with E-state index >= 15 is 0 Å². The van der Waals surface area contributed by atoms with E-state index in [2.05, 4.69) is 20.2 Å². The Morgan fingerprint density at radius 3 is 3.10 bits per heavy atom. The van der Waals surface area contributed by atoms with Gasteiger partial charge in [0.1, 0.15) is 0 Å². The first-order valence-corrected chi connectivity index (χ1v) is 7.27. The van der Waals surface area contributed by atoms with Gasteiger partial charge >= 0.3 is 0 Å². The lowest BCUT2D eigenvalue weighted by Gasteiger charge is -2.23. The molecule has 1 aromatic heterocycles. The lowest BCUT2D eigenvalue weighted by Crippen LogP contribution is -2.29. The number of carbonyl (C=O) groups is 1. The molecule has 0 spiro atoms. The molecule has 6 heteroatoms. The van der Waals surface area contributed by atoms with Crippen LogP contribution in [0.5, 0.6) is 0 Å². The molecule has 2 heterocycles. The van der Waals surface area contributed by atoms with Crippen molar-refractivity contribution in [1.82, 2.24) is 20.2 Å². The van der Waals surface area contributed by atoms with Gasteiger partial charge in [-0.25, -0.2) is 4.98 Å². The Bertz CT molecular complexity index is 413. The fourth-order valence-corrected chi connectivity index (χ4v) is 2.58. The van der Waals surface area contributed by atoms with Crippen LogP contribution >= 0.6 is 0 Å². The number of carbonyl (C=O) groups excluding carboxylic acids is 1. The zero-order valence-corrected chi connectivity index (χ0v) is 12.1. The SMILES string of the molecule is COCCNC(=O)CCn1cncc1C1CCNCC1. The molecule has 0 unspecified atom stereocenters. The average Bonchev–Trinajstić information content (AvgIpc) is 2.95. The van der Waals surface area contributed by atoms with Crippen molar-refractivity contribution >= 4 is 5.91 Å². The van der Waals surface area contributed by atoms with E-state index < -0.39 is 0 Å². The number of aryl methyl sites for hydroxylation is 1. The highest BCUT2D eigenvalue weighted by Crippen LogP contribution is 2.24. The summed E-state index contributed by atoms with van der Waals surface area (Å²) in [6, 6.07) is 0. The van der Waals surface area contributed by atoms with Crippen molar-refractivity contribution in [3.05, 3.63) is 18.2 Å². The lowest BCUT2D eigenvalue weighted by atomic mass is 9.95. The van der Waals surface area contributed by atoms with Crippen LogP contribution in [0.15, 0.2) is 12.5 Å². The van der Waals surface area contributed by atoms with E-state index in [1.807, 2.05) is 12.5 Å². The third kappa shape index (κ3) is 4.31. The molecule has 2 rings (SSSR count). The molecule has 2 N–H and O–H groups in total. The Labute approximate surface area is 119 Å². The van der Waals surface area contributed by atoms with Gasteiger partial charge < -0.3 is 19.9 Å². The second kappa shape index (κ2) is 8.01. The fraction of sp³-hybridized carbons (Fsp3) is 0.714. The maximum atomic E-state index is 11.7. The maximum absolute atomic E-state index is 11.7. The second-order valence-corrected chi connectivity index (χ2v) is 5.13. The molecule has 0 atom stereocenters. The summed E-state index contributed by atoms with van der Waals surface area (Å²) >= 11 is 0. The van der Waals surface area contributed by atoms with Crippen LogP contribution in [-0.4, -0.2) is 48.8 Å². The molecule has 6 nitrogen and oxygen atoms in total. The van der Waals surface area contributed by atoms with Crippen LogP contribution < -0.4 is 10.6 Å². The van der Waals surface area contributed by atoms with Gasteiger partial charge in [0.2, 0.25) is 5.91 Å². The first-order valence-electron chi connectivity index (χ1n) is 7.27. The minimum Gasteiger partial charge on any atom is -0.383 e. The molecule has 1 aliphatic rings. The van der Waals surface area contributed by atoms with E-state index in [9.17, 15) is 4.79 Å². The quantitative estimate of drug-likeness (QED) is 0.714. The topological polar surface area (TPSA) is 68.2 Å². The third-order valence-electron chi connectivity index (χ3n) is 3.71. The standard InChI is InChI=1S/C14H24N4O2/c1-20-9-7-17-14(19)4-8-18-11-16-10-13(18)12-2-5-15-6-3-12/h10-12,15H,2-9H2,1H3,(H,17,19). The molecule has 20 heavy (non-hydrogen) atoms. The number of nitrogens with one attached hydrogen (secondary N) is 2. The molecule has 0 aliphatic carbocycles. The largest absolute Gasteiger partial charge is 0.383 e. The van der Waals surface area contributed by atoms with Crippen molar-refractivity contribution in [1.29, 1.82) is 0 Å². The van der Waals surface area contributed by atoms with Gasteiger partial charge in [0.15, 0.2) is 0 Å². The summed E-state index contributed by atoms with van der Waals surface area (Å²) < 4.78 is 7.02. The zero-order valence-electron chi connectivity index (χ0n) is 12.1.